The molecular formula is C12H19N3. The summed E-state index contributed by atoms with van der Waals surface area (Å²) >= 11 is 0. The quantitative estimate of drug-likeness (QED) is 0.795. The molecular weight excluding hydrogens is 186 g/mol. The van der Waals surface area contributed by atoms with E-state index in [4.69, 9.17) is 0 Å². The molecule has 1 fully saturated rings. The van der Waals surface area contributed by atoms with Crippen molar-refractivity contribution in [3.63, 3.8) is 0 Å². The van der Waals surface area contributed by atoms with E-state index in [9.17, 15) is 0 Å². The molecule has 1 saturated heterocycles. The Morgan fingerprint density at radius 3 is 3.00 bits per heavy atom. The van der Waals surface area contributed by atoms with Gasteiger partial charge in [-0.3, -0.25) is 9.88 Å². The lowest BCUT2D eigenvalue weighted by atomic mass is 10.1. The zero-order chi connectivity index (χ0) is 10.5. The van der Waals surface area contributed by atoms with Gasteiger partial charge in [-0.05, 0) is 31.0 Å². The van der Waals surface area contributed by atoms with E-state index in [-0.39, 0.29) is 0 Å². The molecule has 3 nitrogen and oxygen atoms in total. The van der Waals surface area contributed by atoms with Crippen molar-refractivity contribution in [1.82, 2.24) is 15.2 Å². The molecule has 1 N–H and O–H groups in total. The van der Waals surface area contributed by atoms with Crippen molar-refractivity contribution in [3.8, 4) is 0 Å². The molecule has 1 aromatic heterocycles. The van der Waals surface area contributed by atoms with Gasteiger partial charge in [-0.15, -0.1) is 0 Å². The zero-order valence-electron chi connectivity index (χ0n) is 9.32. The summed E-state index contributed by atoms with van der Waals surface area (Å²) in [7, 11) is 0. The molecule has 15 heavy (non-hydrogen) atoms. The lowest BCUT2D eigenvalue weighted by molar-refractivity contribution is 0.176. The highest BCUT2D eigenvalue weighted by atomic mass is 15.2. The van der Waals surface area contributed by atoms with E-state index in [1.807, 2.05) is 12.4 Å². The molecule has 0 spiro atoms. The fourth-order valence-corrected chi connectivity index (χ4v) is 2.04. The summed E-state index contributed by atoms with van der Waals surface area (Å²) in [5.74, 6) is 0. The third-order valence-corrected chi connectivity index (χ3v) is 3.08. The van der Waals surface area contributed by atoms with Crippen LogP contribution in [-0.2, 0) is 6.42 Å². The Morgan fingerprint density at radius 2 is 2.27 bits per heavy atom. The number of nitrogens with zero attached hydrogens (tertiary/aromatic N) is 2. The number of pyridine rings is 1. The number of aromatic nitrogens is 1. The highest BCUT2D eigenvalue weighted by Crippen LogP contribution is 2.05. The summed E-state index contributed by atoms with van der Waals surface area (Å²) in [6.45, 7) is 6.87. The maximum atomic E-state index is 4.03. The summed E-state index contributed by atoms with van der Waals surface area (Å²) in [5, 5.41) is 3.41. The van der Waals surface area contributed by atoms with Gasteiger partial charge in [0.15, 0.2) is 0 Å². The maximum Gasteiger partial charge on any atom is 0.0270 e. The van der Waals surface area contributed by atoms with E-state index < -0.39 is 0 Å². The summed E-state index contributed by atoms with van der Waals surface area (Å²) in [6.07, 6.45) is 4.87. The molecule has 0 radical (unpaired) electrons. The number of piperazine rings is 1. The minimum Gasteiger partial charge on any atom is -0.314 e. The first-order valence-electron chi connectivity index (χ1n) is 5.70. The minimum absolute atomic E-state index is 0.667. The molecule has 1 aliphatic heterocycles. The van der Waals surface area contributed by atoms with E-state index in [1.54, 1.807) is 0 Å². The average Bonchev–Trinajstić information content (AvgIpc) is 2.29. The molecule has 0 unspecified atom stereocenters. The predicted molar refractivity (Wildman–Crippen MR) is 61.8 cm³/mol. The molecule has 1 aromatic rings. The maximum absolute atomic E-state index is 4.03. The van der Waals surface area contributed by atoms with Crippen LogP contribution < -0.4 is 5.32 Å². The van der Waals surface area contributed by atoms with E-state index >= 15 is 0 Å². The van der Waals surface area contributed by atoms with E-state index in [0.29, 0.717) is 6.04 Å². The first kappa shape index (κ1) is 10.6. The van der Waals surface area contributed by atoms with Crippen molar-refractivity contribution in [2.24, 2.45) is 0 Å². The van der Waals surface area contributed by atoms with Crippen LogP contribution in [0.15, 0.2) is 24.5 Å². The van der Waals surface area contributed by atoms with Crippen molar-refractivity contribution in [2.75, 3.05) is 26.2 Å². The van der Waals surface area contributed by atoms with E-state index in [0.717, 1.165) is 26.1 Å². The molecule has 1 atom stereocenters. The first-order chi connectivity index (χ1) is 7.36. The van der Waals surface area contributed by atoms with Gasteiger partial charge in [0.2, 0.25) is 0 Å². The van der Waals surface area contributed by atoms with Gasteiger partial charge < -0.3 is 5.32 Å². The summed E-state index contributed by atoms with van der Waals surface area (Å²) in [6, 6.07) is 4.88. The SMILES string of the molecule is C[C@H]1CNCCN1CCc1ccncc1. The Labute approximate surface area is 91.5 Å². The summed E-state index contributed by atoms with van der Waals surface area (Å²) in [5.41, 5.74) is 1.38. The second-order valence-corrected chi connectivity index (χ2v) is 4.19. The predicted octanol–water partition coefficient (Wildman–Crippen LogP) is 0.918. The fraction of sp³-hybridized carbons (Fsp3) is 0.583. The molecule has 0 aromatic carbocycles. The number of hydrogen-bond donors (Lipinski definition) is 1. The average molecular weight is 205 g/mol. The molecule has 0 saturated carbocycles. The van der Waals surface area contributed by atoms with Crippen LogP contribution in [0, 0.1) is 0 Å². The monoisotopic (exact) mass is 205 g/mol. The van der Waals surface area contributed by atoms with Gasteiger partial charge in [0.25, 0.3) is 0 Å². The summed E-state index contributed by atoms with van der Waals surface area (Å²) < 4.78 is 0. The van der Waals surface area contributed by atoms with Crippen LogP contribution in [0.4, 0.5) is 0 Å². The fourth-order valence-electron chi connectivity index (χ4n) is 2.04. The second-order valence-electron chi connectivity index (χ2n) is 4.19. The number of rotatable bonds is 3. The molecule has 1 aliphatic rings. The number of nitrogens with one attached hydrogen (secondary N) is 1. The zero-order valence-corrected chi connectivity index (χ0v) is 9.32. The Bertz CT molecular complexity index is 286. The first-order valence-corrected chi connectivity index (χ1v) is 5.70. The van der Waals surface area contributed by atoms with Crippen LogP contribution in [0.1, 0.15) is 12.5 Å². The normalized spacial score (nSPS) is 22.9. The van der Waals surface area contributed by atoms with Crippen molar-refractivity contribution < 1.29 is 0 Å². The van der Waals surface area contributed by atoms with E-state index in [2.05, 4.69) is 34.3 Å². The summed E-state index contributed by atoms with van der Waals surface area (Å²) in [4.78, 5) is 6.58. The molecule has 2 heterocycles. The van der Waals surface area contributed by atoms with Crippen LogP contribution in [0.25, 0.3) is 0 Å². The van der Waals surface area contributed by atoms with Gasteiger partial charge in [0.05, 0.1) is 0 Å². The molecule has 2 rings (SSSR count). The van der Waals surface area contributed by atoms with Gasteiger partial charge in [0, 0.05) is 44.6 Å². The van der Waals surface area contributed by atoms with Gasteiger partial charge in [-0.25, -0.2) is 0 Å². The third kappa shape index (κ3) is 3.01. The van der Waals surface area contributed by atoms with Gasteiger partial charge >= 0.3 is 0 Å². The third-order valence-electron chi connectivity index (χ3n) is 3.08. The van der Waals surface area contributed by atoms with Gasteiger partial charge in [0.1, 0.15) is 0 Å². The topological polar surface area (TPSA) is 28.2 Å². The largest absolute Gasteiger partial charge is 0.314 e. The number of hydrogen-bond acceptors (Lipinski definition) is 3. The minimum atomic E-state index is 0.667. The Morgan fingerprint density at radius 1 is 1.47 bits per heavy atom. The van der Waals surface area contributed by atoms with E-state index in [1.165, 1.54) is 12.1 Å². The molecule has 0 aliphatic carbocycles. The highest BCUT2D eigenvalue weighted by Gasteiger charge is 2.16. The molecule has 82 valence electrons. The molecule has 3 heteroatoms. The highest BCUT2D eigenvalue weighted by molar-refractivity contribution is 5.10. The Hall–Kier alpha value is -0.930. The van der Waals surface area contributed by atoms with Crippen LogP contribution in [0.3, 0.4) is 0 Å². The van der Waals surface area contributed by atoms with Crippen LogP contribution in [0.5, 0.6) is 0 Å². The smallest absolute Gasteiger partial charge is 0.0270 e. The van der Waals surface area contributed by atoms with Crippen LogP contribution in [-0.4, -0.2) is 42.1 Å². The van der Waals surface area contributed by atoms with Crippen molar-refractivity contribution in [2.45, 2.75) is 19.4 Å². The van der Waals surface area contributed by atoms with Crippen LogP contribution in [0.2, 0.25) is 0 Å². The van der Waals surface area contributed by atoms with Crippen molar-refractivity contribution >= 4 is 0 Å². The molecule has 0 bridgehead atoms. The van der Waals surface area contributed by atoms with Crippen molar-refractivity contribution in [1.29, 1.82) is 0 Å². The lowest BCUT2D eigenvalue weighted by Gasteiger charge is -2.33. The van der Waals surface area contributed by atoms with Crippen molar-refractivity contribution in [3.05, 3.63) is 30.1 Å². The Balaban J connectivity index is 1.82. The lowest BCUT2D eigenvalue weighted by Crippen LogP contribution is -2.50. The van der Waals surface area contributed by atoms with Crippen LogP contribution >= 0.6 is 0 Å². The molecule has 0 amide bonds. The Kier molecular flexibility index (Phi) is 3.69. The second kappa shape index (κ2) is 5.24. The van der Waals surface area contributed by atoms with Gasteiger partial charge in [-0.1, -0.05) is 0 Å². The van der Waals surface area contributed by atoms with Gasteiger partial charge in [-0.2, -0.15) is 0 Å². The standard InChI is InChI=1S/C12H19N3/c1-11-10-14-7-9-15(11)8-4-12-2-5-13-6-3-12/h2-3,5-6,11,14H,4,7-10H2,1H3/t11-/m0/s1.